The largest absolute Gasteiger partial charge is 0.362 e. The standard InChI is InChI=1S/C25H27FN2O2/c1-2-3-4-7-15-28-24(29)22(19-10-12-21(26)13-11-19)23(25(28)30)27-16-14-18-8-5-6-9-20(18)17-27/h5-6,8-13H,2-4,7,14-17H2,1H3. The van der Waals surface area contributed by atoms with Crippen LogP contribution in [0, 0.1) is 5.82 Å². The van der Waals surface area contributed by atoms with Crippen molar-refractivity contribution in [3.8, 4) is 0 Å². The molecule has 0 N–H and O–H groups in total. The molecule has 4 nitrogen and oxygen atoms in total. The summed E-state index contributed by atoms with van der Waals surface area (Å²) in [5.74, 6) is -0.854. The van der Waals surface area contributed by atoms with E-state index in [1.165, 1.54) is 28.2 Å². The molecule has 0 atom stereocenters. The van der Waals surface area contributed by atoms with Crippen LogP contribution in [0.3, 0.4) is 0 Å². The van der Waals surface area contributed by atoms with E-state index in [4.69, 9.17) is 0 Å². The topological polar surface area (TPSA) is 40.6 Å². The van der Waals surface area contributed by atoms with E-state index in [2.05, 4.69) is 19.1 Å². The number of fused-ring (bicyclic) bond motifs is 1. The molecule has 156 valence electrons. The van der Waals surface area contributed by atoms with Crippen molar-refractivity contribution >= 4 is 17.4 Å². The van der Waals surface area contributed by atoms with Crippen LogP contribution in [-0.2, 0) is 22.6 Å². The normalized spacial score (nSPS) is 16.5. The molecule has 2 heterocycles. The highest BCUT2D eigenvalue weighted by Gasteiger charge is 2.41. The van der Waals surface area contributed by atoms with Crippen LogP contribution in [0.4, 0.5) is 4.39 Å². The van der Waals surface area contributed by atoms with Gasteiger partial charge in [-0.25, -0.2) is 4.39 Å². The van der Waals surface area contributed by atoms with Crippen molar-refractivity contribution in [2.75, 3.05) is 13.1 Å². The first kappa shape index (κ1) is 20.3. The van der Waals surface area contributed by atoms with Crippen LogP contribution in [0.2, 0.25) is 0 Å². The highest BCUT2D eigenvalue weighted by molar-refractivity contribution is 6.35. The number of amides is 2. The van der Waals surface area contributed by atoms with Gasteiger partial charge >= 0.3 is 0 Å². The number of rotatable bonds is 7. The number of carbonyl (C=O) groups is 2. The zero-order valence-electron chi connectivity index (χ0n) is 17.4. The lowest BCUT2D eigenvalue weighted by Gasteiger charge is -2.31. The quantitative estimate of drug-likeness (QED) is 0.501. The molecule has 0 saturated heterocycles. The SMILES string of the molecule is CCCCCCN1C(=O)C(c2ccc(F)cc2)=C(N2CCc3ccccc3C2)C1=O. The van der Waals surface area contributed by atoms with Gasteiger partial charge in [0.25, 0.3) is 11.8 Å². The molecule has 30 heavy (non-hydrogen) atoms. The lowest BCUT2D eigenvalue weighted by atomic mass is 9.98. The lowest BCUT2D eigenvalue weighted by molar-refractivity contribution is -0.137. The fourth-order valence-corrected chi connectivity index (χ4v) is 4.32. The second-order valence-electron chi connectivity index (χ2n) is 7.99. The van der Waals surface area contributed by atoms with E-state index >= 15 is 0 Å². The average Bonchev–Trinajstić information content (AvgIpc) is 3.01. The fourth-order valence-electron chi connectivity index (χ4n) is 4.32. The van der Waals surface area contributed by atoms with Crippen LogP contribution in [0.5, 0.6) is 0 Å². The molecule has 2 amide bonds. The fraction of sp³-hybridized carbons (Fsp3) is 0.360. The summed E-state index contributed by atoms with van der Waals surface area (Å²) >= 11 is 0. The summed E-state index contributed by atoms with van der Waals surface area (Å²) in [5, 5.41) is 0. The van der Waals surface area contributed by atoms with Gasteiger partial charge in [-0.1, -0.05) is 62.6 Å². The number of carbonyl (C=O) groups excluding carboxylic acids is 2. The van der Waals surface area contributed by atoms with Crippen LogP contribution in [-0.4, -0.2) is 34.7 Å². The summed E-state index contributed by atoms with van der Waals surface area (Å²) in [7, 11) is 0. The number of halogens is 1. The Morgan fingerprint density at radius 3 is 2.37 bits per heavy atom. The van der Waals surface area contributed by atoms with E-state index in [0.29, 0.717) is 36.5 Å². The van der Waals surface area contributed by atoms with E-state index in [-0.39, 0.29) is 17.6 Å². The Labute approximate surface area is 177 Å². The maximum absolute atomic E-state index is 13.5. The van der Waals surface area contributed by atoms with Crippen molar-refractivity contribution in [2.45, 2.75) is 45.6 Å². The van der Waals surface area contributed by atoms with Crippen LogP contribution in [0.1, 0.15) is 49.3 Å². The lowest BCUT2D eigenvalue weighted by Crippen LogP contribution is -2.37. The molecule has 4 rings (SSSR count). The molecule has 0 saturated carbocycles. The Morgan fingerprint density at radius 2 is 1.63 bits per heavy atom. The molecule has 2 aromatic rings. The van der Waals surface area contributed by atoms with Crippen molar-refractivity contribution in [3.05, 3.63) is 76.7 Å². The molecule has 2 aliphatic rings. The van der Waals surface area contributed by atoms with E-state index in [9.17, 15) is 14.0 Å². The van der Waals surface area contributed by atoms with Crippen LogP contribution < -0.4 is 0 Å². The van der Waals surface area contributed by atoms with Gasteiger partial charge in [0.05, 0.1) is 5.57 Å². The summed E-state index contributed by atoms with van der Waals surface area (Å²) in [6.07, 6.45) is 4.81. The zero-order valence-corrected chi connectivity index (χ0v) is 17.4. The number of hydrogen-bond acceptors (Lipinski definition) is 3. The molecule has 0 bridgehead atoms. The third-order valence-corrected chi connectivity index (χ3v) is 5.96. The molecular weight excluding hydrogens is 379 g/mol. The number of unbranched alkanes of at least 4 members (excludes halogenated alkanes) is 3. The number of imide groups is 1. The highest BCUT2D eigenvalue weighted by atomic mass is 19.1. The second-order valence-corrected chi connectivity index (χ2v) is 7.99. The minimum Gasteiger partial charge on any atom is -0.362 e. The monoisotopic (exact) mass is 406 g/mol. The van der Waals surface area contributed by atoms with Crippen molar-refractivity contribution in [3.63, 3.8) is 0 Å². The van der Waals surface area contributed by atoms with Gasteiger partial charge in [-0.15, -0.1) is 0 Å². The Morgan fingerprint density at radius 1 is 0.900 bits per heavy atom. The van der Waals surface area contributed by atoms with Crippen LogP contribution >= 0.6 is 0 Å². The van der Waals surface area contributed by atoms with Crippen molar-refractivity contribution in [1.29, 1.82) is 0 Å². The highest BCUT2D eigenvalue weighted by Crippen LogP contribution is 2.34. The first-order valence-electron chi connectivity index (χ1n) is 10.8. The van der Waals surface area contributed by atoms with Crippen molar-refractivity contribution in [2.24, 2.45) is 0 Å². The predicted molar refractivity (Wildman–Crippen MR) is 115 cm³/mol. The third-order valence-electron chi connectivity index (χ3n) is 5.96. The summed E-state index contributed by atoms with van der Waals surface area (Å²) in [6, 6.07) is 14.1. The van der Waals surface area contributed by atoms with E-state index in [1.807, 2.05) is 17.0 Å². The Hall–Kier alpha value is -2.95. The maximum Gasteiger partial charge on any atom is 0.277 e. The molecule has 0 radical (unpaired) electrons. The van der Waals surface area contributed by atoms with E-state index < -0.39 is 0 Å². The summed E-state index contributed by atoms with van der Waals surface area (Å²) in [4.78, 5) is 30.1. The maximum atomic E-state index is 13.5. The van der Waals surface area contributed by atoms with Crippen molar-refractivity contribution < 1.29 is 14.0 Å². The van der Waals surface area contributed by atoms with Gasteiger partial charge in [-0.3, -0.25) is 14.5 Å². The first-order valence-corrected chi connectivity index (χ1v) is 10.8. The first-order chi connectivity index (χ1) is 14.6. The minimum atomic E-state index is -0.360. The third kappa shape index (κ3) is 3.89. The molecule has 0 unspecified atom stereocenters. The molecule has 0 aromatic heterocycles. The van der Waals surface area contributed by atoms with Crippen LogP contribution in [0.15, 0.2) is 54.2 Å². The molecule has 0 aliphatic carbocycles. The molecule has 2 aromatic carbocycles. The number of benzene rings is 2. The second kappa shape index (κ2) is 8.82. The van der Waals surface area contributed by atoms with E-state index in [1.54, 1.807) is 12.1 Å². The molecular formula is C25H27FN2O2. The number of nitrogens with zero attached hydrogens (tertiary/aromatic N) is 2. The average molecular weight is 407 g/mol. The van der Waals surface area contributed by atoms with Gasteiger partial charge < -0.3 is 4.90 Å². The number of hydrogen-bond donors (Lipinski definition) is 0. The molecule has 0 spiro atoms. The Kier molecular flexibility index (Phi) is 5.98. The molecule has 2 aliphatic heterocycles. The smallest absolute Gasteiger partial charge is 0.277 e. The van der Waals surface area contributed by atoms with Gasteiger partial charge in [-0.05, 0) is 41.7 Å². The summed E-state index contributed by atoms with van der Waals surface area (Å²) in [6.45, 7) is 3.83. The summed E-state index contributed by atoms with van der Waals surface area (Å²) < 4.78 is 13.5. The zero-order chi connectivity index (χ0) is 21.1. The summed E-state index contributed by atoms with van der Waals surface area (Å²) in [5.41, 5.74) is 3.91. The minimum absolute atomic E-state index is 0.227. The van der Waals surface area contributed by atoms with Gasteiger partial charge in [0.15, 0.2) is 0 Å². The van der Waals surface area contributed by atoms with Crippen LogP contribution in [0.25, 0.3) is 5.57 Å². The predicted octanol–water partition coefficient (Wildman–Crippen LogP) is 4.54. The molecule has 0 fully saturated rings. The van der Waals surface area contributed by atoms with Gasteiger partial charge in [0.2, 0.25) is 0 Å². The van der Waals surface area contributed by atoms with Gasteiger partial charge in [0.1, 0.15) is 11.5 Å². The Balaban J connectivity index is 1.68. The van der Waals surface area contributed by atoms with Gasteiger partial charge in [-0.2, -0.15) is 0 Å². The van der Waals surface area contributed by atoms with E-state index in [0.717, 1.165) is 32.1 Å². The van der Waals surface area contributed by atoms with Gasteiger partial charge in [0, 0.05) is 19.6 Å². The van der Waals surface area contributed by atoms with Crippen molar-refractivity contribution in [1.82, 2.24) is 9.80 Å². The Bertz CT molecular complexity index is 981. The molecule has 5 heteroatoms.